The van der Waals surface area contributed by atoms with Crippen LogP contribution in [0.2, 0.25) is 0 Å². The molecule has 0 fully saturated rings. The number of carbonyl (C=O) groups is 2. The molecule has 3 aromatic rings. The van der Waals surface area contributed by atoms with Crippen LogP contribution in [0.15, 0.2) is 78.5 Å². The second-order valence-corrected chi connectivity index (χ2v) is 8.32. The Morgan fingerprint density at radius 3 is 2.15 bits per heavy atom. The molecule has 5 heteroatoms. The maximum atomic E-state index is 13.7. The Bertz CT molecular complexity index is 1210. The van der Waals surface area contributed by atoms with E-state index in [0.717, 1.165) is 17.7 Å². The number of ether oxygens (including phenoxy) is 1. The molecular formula is C28H28N2O3. The Kier molecular flexibility index (Phi) is 6.31. The molecule has 3 aromatic carbocycles. The topological polar surface area (TPSA) is 58.6 Å². The molecule has 0 spiro atoms. The molecule has 5 nitrogen and oxygen atoms in total. The summed E-state index contributed by atoms with van der Waals surface area (Å²) in [5, 5.41) is 3.21. The molecule has 0 unspecified atom stereocenters. The Morgan fingerprint density at radius 1 is 0.879 bits per heavy atom. The average molecular weight is 441 g/mol. The van der Waals surface area contributed by atoms with Crippen molar-refractivity contribution >= 4 is 28.8 Å². The number of benzene rings is 3. The fraction of sp³-hybridized carbons (Fsp3) is 0.214. The third-order valence-electron chi connectivity index (χ3n) is 5.91. The molecule has 168 valence electrons. The van der Waals surface area contributed by atoms with E-state index in [1.165, 1.54) is 10.5 Å². The van der Waals surface area contributed by atoms with Gasteiger partial charge in [0.05, 0.1) is 18.4 Å². The number of rotatable bonds is 7. The van der Waals surface area contributed by atoms with E-state index in [2.05, 4.69) is 26.1 Å². The van der Waals surface area contributed by atoms with Gasteiger partial charge in [-0.15, -0.1) is 0 Å². The molecule has 2 amide bonds. The zero-order valence-electron chi connectivity index (χ0n) is 19.4. The van der Waals surface area contributed by atoms with Crippen LogP contribution in [0.25, 0.3) is 5.57 Å². The number of para-hydroxylation sites is 1. The molecule has 0 saturated heterocycles. The summed E-state index contributed by atoms with van der Waals surface area (Å²) < 4.78 is 5.51. The number of nitrogens with zero attached hydrogens (tertiary/aromatic N) is 1. The van der Waals surface area contributed by atoms with Gasteiger partial charge in [-0.2, -0.15) is 0 Å². The lowest BCUT2D eigenvalue weighted by Gasteiger charge is -2.17. The number of imide groups is 1. The molecule has 0 aliphatic carbocycles. The van der Waals surface area contributed by atoms with E-state index in [1.54, 1.807) is 19.2 Å². The summed E-state index contributed by atoms with van der Waals surface area (Å²) >= 11 is 0. The van der Waals surface area contributed by atoms with E-state index in [4.69, 9.17) is 4.74 Å². The average Bonchev–Trinajstić information content (AvgIpc) is 3.08. The molecule has 4 rings (SSSR count). The van der Waals surface area contributed by atoms with Crippen LogP contribution in [0.1, 0.15) is 43.4 Å². The molecule has 0 saturated carbocycles. The molecule has 1 heterocycles. The normalized spacial score (nSPS) is 13.8. The summed E-state index contributed by atoms with van der Waals surface area (Å²) in [5.41, 5.74) is 4.73. The number of methoxy groups -OCH3 is 1. The van der Waals surface area contributed by atoms with Crippen molar-refractivity contribution in [1.29, 1.82) is 0 Å². The van der Waals surface area contributed by atoms with Crippen molar-refractivity contribution in [3.63, 3.8) is 0 Å². The van der Waals surface area contributed by atoms with E-state index < -0.39 is 5.91 Å². The quantitative estimate of drug-likeness (QED) is 0.473. The summed E-state index contributed by atoms with van der Waals surface area (Å²) in [4.78, 5) is 28.5. The minimum atomic E-state index is -0.391. The monoisotopic (exact) mass is 440 g/mol. The number of amides is 2. The summed E-state index contributed by atoms with van der Waals surface area (Å²) in [6.45, 7) is 6.30. The lowest BCUT2D eigenvalue weighted by molar-refractivity contribution is -0.120. The highest BCUT2D eigenvalue weighted by atomic mass is 16.5. The third-order valence-corrected chi connectivity index (χ3v) is 5.91. The largest absolute Gasteiger partial charge is 0.496 e. The van der Waals surface area contributed by atoms with Crippen LogP contribution < -0.4 is 15.0 Å². The maximum Gasteiger partial charge on any atom is 0.282 e. The van der Waals surface area contributed by atoms with Gasteiger partial charge in [0.1, 0.15) is 11.4 Å². The zero-order valence-corrected chi connectivity index (χ0v) is 19.4. The Balaban J connectivity index is 1.80. The molecular weight excluding hydrogens is 412 g/mol. The lowest BCUT2D eigenvalue weighted by atomic mass is 10.0. The van der Waals surface area contributed by atoms with Gasteiger partial charge in [-0.3, -0.25) is 9.59 Å². The van der Waals surface area contributed by atoms with Gasteiger partial charge in [-0.25, -0.2) is 4.90 Å². The minimum Gasteiger partial charge on any atom is -0.496 e. The summed E-state index contributed by atoms with van der Waals surface area (Å²) in [6.07, 6.45) is 0.924. The predicted octanol–water partition coefficient (Wildman–Crippen LogP) is 5.78. The maximum absolute atomic E-state index is 13.7. The summed E-state index contributed by atoms with van der Waals surface area (Å²) in [6, 6.07) is 22.7. The van der Waals surface area contributed by atoms with Gasteiger partial charge in [0.2, 0.25) is 0 Å². The lowest BCUT2D eigenvalue weighted by Crippen LogP contribution is -2.32. The van der Waals surface area contributed by atoms with Crippen LogP contribution in [-0.4, -0.2) is 18.9 Å². The first-order valence-electron chi connectivity index (χ1n) is 11.2. The summed E-state index contributed by atoms with van der Waals surface area (Å²) in [5.74, 6) is 0.119. The van der Waals surface area contributed by atoms with Crippen molar-refractivity contribution in [1.82, 2.24) is 0 Å². The van der Waals surface area contributed by atoms with Gasteiger partial charge >= 0.3 is 0 Å². The first-order chi connectivity index (χ1) is 15.9. The van der Waals surface area contributed by atoms with Gasteiger partial charge in [0.15, 0.2) is 0 Å². The van der Waals surface area contributed by atoms with Crippen LogP contribution in [0.3, 0.4) is 0 Å². The zero-order chi connectivity index (χ0) is 23.5. The Hall–Kier alpha value is -3.86. The highest BCUT2D eigenvalue weighted by Gasteiger charge is 2.41. The highest BCUT2D eigenvalue weighted by Crippen LogP contribution is 2.37. The van der Waals surface area contributed by atoms with Gasteiger partial charge in [0, 0.05) is 11.3 Å². The van der Waals surface area contributed by atoms with Crippen molar-refractivity contribution in [3.05, 3.63) is 95.2 Å². The second kappa shape index (κ2) is 9.33. The predicted molar refractivity (Wildman–Crippen MR) is 132 cm³/mol. The van der Waals surface area contributed by atoms with Crippen LogP contribution in [0.4, 0.5) is 11.4 Å². The molecule has 1 aliphatic rings. The molecule has 0 aromatic heterocycles. The first-order valence-corrected chi connectivity index (χ1v) is 11.2. The first kappa shape index (κ1) is 22.3. The van der Waals surface area contributed by atoms with E-state index >= 15 is 0 Å². The molecule has 0 bridgehead atoms. The fourth-order valence-corrected chi connectivity index (χ4v) is 3.96. The number of aryl methyl sites for hydroxylation is 1. The van der Waals surface area contributed by atoms with Crippen LogP contribution in [0, 0.1) is 0 Å². The third kappa shape index (κ3) is 4.27. The molecule has 1 aliphatic heterocycles. The minimum absolute atomic E-state index is 0.238. The number of anilines is 2. The molecule has 0 atom stereocenters. The van der Waals surface area contributed by atoms with Crippen molar-refractivity contribution in [2.24, 2.45) is 0 Å². The van der Waals surface area contributed by atoms with Crippen LogP contribution in [0.5, 0.6) is 5.75 Å². The van der Waals surface area contributed by atoms with Crippen LogP contribution >= 0.6 is 0 Å². The molecule has 0 radical (unpaired) electrons. The van der Waals surface area contributed by atoms with E-state index in [-0.39, 0.29) is 11.6 Å². The van der Waals surface area contributed by atoms with Crippen molar-refractivity contribution < 1.29 is 14.3 Å². The number of nitrogens with one attached hydrogen (secondary N) is 1. The number of carbonyl (C=O) groups excluding carboxylic acids is 2. The van der Waals surface area contributed by atoms with E-state index in [0.29, 0.717) is 28.5 Å². The second-order valence-electron chi connectivity index (χ2n) is 8.32. The smallest absolute Gasteiger partial charge is 0.282 e. The number of hydrogen-bond acceptors (Lipinski definition) is 4. The van der Waals surface area contributed by atoms with E-state index in [1.807, 2.05) is 60.7 Å². The fourth-order valence-electron chi connectivity index (χ4n) is 3.96. The highest BCUT2D eigenvalue weighted by molar-refractivity contribution is 6.46. The Labute approximate surface area is 194 Å². The van der Waals surface area contributed by atoms with Gasteiger partial charge in [-0.1, -0.05) is 63.2 Å². The van der Waals surface area contributed by atoms with E-state index in [9.17, 15) is 9.59 Å². The van der Waals surface area contributed by atoms with Crippen LogP contribution in [-0.2, 0) is 16.0 Å². The molecule has 1 N–H and O–H groups in total. The summed E-state index contributed by atoms with van der Waals surface area (Å²) in [7, 11) is 1.56. The SMILES string of the molecule is CCc1ccc(NC2=C(c3ccccc3OC)C(=O)N(c3ccc(C(C)C)cc3)C2=O)cc1. The Morgan fingerprint density at radius 2 is 1.55 bits per heavy atom. The number of hydrogen-bond donors (Lipinski definition) is 1. The molecule has 33 heavy (non-hydrogen) atoms. The standard InChI is InChI=1S/C28H28N2O3/c1-5-19-10-14-21(15-11-19)29-26-25(23-8-6-7-9-24(23)33-4)27(31)30(28(26)32)22-16-12-20(13-17-22)18(2)3/h6-18,29H,5H2,1-4H3. The van der Waals surface area contributed by atoms with Crippen molar-refractivity contribution in [3.8, 4) is 5.75 Å². The van der Waals surface area contributed by atoms with Gasteiger partial charge < -0.3 is 10.1 Å². The van der Waals surface area contributed by atoms with Crippen molar-refractivity contribution in [2.75, 3.05) is 17.3 Å². The van der Waals surface area contributed by atoms with Gasteiger partial charge in [-0.05, 0) is 53.8 Å². The van der Waals surface area contributed by atoms with Gasteiger partial charge in [0.25, 0.3) is 11.8 Å². The van der Waals surface area contributed by atoms with Crippen molar-refractivity contribution in [2.45, 2.75) is 33.1 Å².